The fourth-order valence-electron chi connectivity index (χ4n) is 3.29. The summed E-state index contributed by atoms with van der Waals surface area (Å²) in [5, 5.41) is 9.83. The van der Waals surface area contributed by atoms with Crippen molar-refractivity contribution in [2.24, 2.45) is 4.99 Å². The van der Waals surface area contributed by atoms with Crippen LogP contribution in [0, 0.1) is 0 Å². The number of alkyl halides is 3. The fraction of sp³-hybridized carbons (Fsp3) is 0.273. The molecule has 2 aromatic carbocycles. The van der Waals surface area contributed by atoms with E-state index in [1.54, 1.807) is 0 Å². The quantitative estimate of drug-likeness (QED) is 0.576. The minimum Gasteiger partial charge on any atom is -0.425 e. The van der Waals surface area contributed by atoms with Crippen LogP contribution in [0.5, 0.6) is 17.5 Å². The van der Waals surface area contributed by atoms with E-state index < -0.39 is 6.36 Å². The molecule has 1 aliphatic heterocycles. The Balaban J connectivity index is 1.70. The third-order valence-corrected chi connectivity index (χ3v) is 4.69. The van der Waals surface area contributed by atoms with Gasteiger partial charge in [0.25, 0.3) is 0 Å². The molecular formula is C22H21F3N4O3. The van der Waals surface area contributed by atoms with Crippen LogP contribution in [0.1, 0.15) is 12.0 Å². The van der Waals surface area contributed by atoms with Gasteiger partial charge in [-0.1, -0.05) is 36.4 Å². The van der Waals surface area contributed by atoms with Crippen molar-refractivity contribution in [3.05, 3.63) is 71.0 Å². The minimum atomic E-state index is -4.80. The first kappa shape index (κ1) is 21.7. The highest BCUT2D eigenvalue weighted by Crippen LogP contribution is 2.28. The second-order valence-electron chi connectivity index (χ2n) is 7.12. The highest BCUT2D eigenvalue weighted by molar-refractivity contribution is 5.35. The summed E-state index contributed by atoms with van der Waals surface area (Å²) in [6.07, 6.45) is -2.29. The lowest BCUT2D eigenvalue weighted by molar-refractivity contribution is -0.274. The Morgan fingerprint density at radius 3 is 2.56 bits per heavy atom. The van der Waals surface area contributed by atoms with E-state index in [-0.39, 0.29) is 24.1 Å². The van der Waals surface area contributed by atoms with E-state index in [2.05, 4.69) is 14.7 Å². The van der Waals surface area contributed by atoms with Gasteiger partial charge in [-0.15, -0.1) is 13.2 Å². The molecule has 0 unspecified atom stereocenters. The van der Waals surface area contributed by atoms with E-state index in [4.69, 9.17) is 9.84 Å². The first-order chi connectivity index (χ1) is 15.4. The van der Waals surface area contributed by atoms with Gasteiger partial charge in [-0.25, -0.2) is 4.99 Å². The molecule has 0 aliphatic carbocycles. The molecule has 32 heavy (non-hydrogen) atoms. The summed E-state index contributed by atoms with van der Waals surface area (Å²) in [4.78, 5) is 10.9. The van der Waals surface area contributed by atoms with Crippen molar-refractivity contribution in [3.8, 4) is 17.5 Å². The van der Waals surface area contributed by atoms with Gasteiger partial charge in [-0.2, -0.15) is 4.98 Å². The molecule has 7 nitrogen and oxygen atoms in total. The summed E-state index contributed by atoms with van der Waals surface area (Å²) in [6, 6.07) is 15.1. The van der Waals surface area contributed by atoms with E-state index in [9.17, 15) is 13.2 Å². The zero-order valence-electron chi connectivity index (χ0n) is 17.0. The van der Waals surface area contributed by atoms with Crippen LogP contribution in [-0.4, -0.2) is 45.7 Å². The monoisotopic (exact) mass is 446 g/mol. The number of nitrogens with zero attached hydrogens (tertiary/aromatic N) is 4. The standard InChI is InChI=1S/C22H21F3N4O3/c23-22(24,25)32-18-9-4-8-17(12-18)31-21-27-20-19(14-28(15-26-20)10-5-11-30)29(21)13-16-6-2-1-3-7-16/h1-4,6-9,12,14,30H,5,10-11,13,15H2. The highest BCUT2D eigenvalue weighted by Gasteiger charge is 2.31. The van der Waals surface area contributed by atoms with Crippen molar-refractivity contribution in [2.45, 2.75) is 19.3 Å². The summed E-state index contributed by atoms with van der Waals surface area (Å²) >= 11 is 0. The number of fused-ring (bicyclic) bond motifs is 1. The Labute approximate surface area is 181 Å². The van der Waals surface area contributed by atoms with Crippen LogP contribution < -0.4 is 20.3 Å². The number of imidazole rings is 1. The molecule has 10 heteroatoms. The Kier molecular flexibility index (Phi) is 6.31. The Morgan fingerprint density at radius 1 is 1.03 bits per heavy atom. The lowest BCUT2D eigenvalue weighted by Gasteiger charge is -2.19. The van der Waals surface area contributed by atoms with E-state index in [1.165, 1.54) is 18.2 Å². The van der Waals surface area contributed by atoms with E-state index in [0.717, 1.165) is 17.0 Å². The molecule has 168 valence electrons. The van der Waals surface area contributed by atoms with Crippen LogP contribution >= 0.6 is 0 Å². The van der Waals surface area contributed by atoms with Gasteiger partial charge in [-0.05, 0) is 24.1 Å². The summed E-state index contributed by atoms with van der Waals surface area (Å²) in [6.45, 7) is 1.52. The largest absolute Gasteiger partial charge is 0.573 e. The lowest BCUT2D eigenvalue weighted by atomic mass is 10.2. The molecule has 1 aliphatic rings. The molecule has 0 radical (unpaired) electrons. The van der Waals surface area contributed by atoms with E-state index in [0.29, 0.717) is 31.7 Å². The number of ether oxygens (including phenoxy) is 2. The third-order valence-electron chi connectivity index (χ3n) is 4.69. The third kappa shape index (κ3) is 5.38. The van der Waals surface area contributed by atoms with Crippen LogP contribution in [0.15, 0.2) is 59.6 Å². The molecule has 0 saturated heterocycles. The van der Waals surface area contributed by atoms with Gasteiger partial charge in [-0.3, -0.25) is 4.57 Å². The summed E-state index contributed by atoms with van der Waals surface area (Å²) < 4.78 is 49.4. The maximum atomic E-state index is 12.6. The van der Waals surface area contributed by atoms with Gasteiger partial charge in [0, 0.05) is 25.4 Å². The van der Waals surface area contributed by atoms with Gasteiger partial charge < -0.3 is 19.5 Å². The normalized spacial score (nSPS) is 13.2. The average molecular weight is 446 g/mol. The maximum absolute atomic E-state index is 12.6. The Hall–Kier alpha value is -3.53. The number of aliphatic hydroxyl groups excluding tert-OH is 1. The number of hydrogen-bond acceptors (Lipinski definition) is 6. The topological polar surface area (TPSA) is 72.1 Å². The minimum absolute atomic E-state index is 0.0746. The van der Waals surface area contributed by atoms with Crippen molar-refractivity contribution in [2.75, 3.05) is 19.8 Å². The highest BCUT2D eigenvalue weighted by atomic mass is 19.4. The zero-order valence-corrected chi connectivity index (χ0v) is 17.0. The zero-order chi connectivity index (χ0) is 22.6. The van der Waals surface area contributed by atoms with Gasteiger partial charge in [0.2, 0.25) is 0 Å². The SMILES string of the molecule is OCCCN1C=c2c(nc(Oc3cccc(OC(F)(F)F)c3)n2Cc2ccccc2)=NC1. The molecule has 0 saturated carbocycles. The number of halogens is 3. The Bertz CT molecular complexity index is 1180. The van der Waals surface area contributed by atoms with Crippen molar-refractivity contribution >= 4 is 6.20 Å². The predicted molar refractivity (Wildman–Crippen MR) is 109 cm³/mol. The first-order valence-electron chi connectivity index (χ1n) is 9.97. The fourth-order valence-corrected chi connectivity index (χ4v) is 3.29. The summed E-state index contributed by atoms with van der Waals surface area (Å²) in [5.74, 6) is -0.229. The van der Waals surface area contributed by atoms with Crippen LogP contribution in [-0.2, 0) is 6.54 Å². The van der Waals surface area contributed by atoms with Gasteiger partial charge in [0.15, 0.2) is 5.49 Å². The molecular weight excluding hydrogens is 425 g/mol. The van der Waals surface area contributed by atoms with Crippen molar-refractivity contribution in [1.29, 1.82) is 0 Å². The molecule has 0 bridgehead atoms. The van der Waals surface area contributed by atoms with Crippen molar-refractivity contribution in [3.63, 3.8) is 0 Å². The smallest absolute Gasteiger partial charge is 0.425 e. The van der Waals surface area contributed by atoms with Crippen molar-refractivity contribution < 1.29 is 27.8 Å². The maximum Gasteiger partial charge on any atom is 0.573 e. The number of aliphatic hydroxyl groups is 1. The molecule has 2 heterocycles. The second-order valence-corrected chi connectivity index (χ2v) is 7.12. The summed E-state index contributed by atoms with van der Waals surface area (Å²) in [5.41, 5.74) is 1.48. The van der Waals surface area contributed by atoms with E-state index in [1.807, 2.05) is 46.0 Å². The first-order valence-corrected chi connectivity index (χ1v) is 9.97. The molecule has 1 N–H and O–H groups in total. The second kappa shape index (κ2) is 9.31. The number of hydrogen-bond donors (Lipinski definition) is 1. The Morgan fingerprint density at radius 2 is 1.81 bits per heavy atom. The molecule has 0 fully saturated rings. The van der Waals surface area contributed by atoms with E-state index >= 15 is 0 Å². The molecule has 4 rings (SSSR count). The van der Waals surface area contributed by atoms with Crippen LogP contribution in [0.4, 0.5) is 13.2 Å². The lowest BCUT2D eigenvalue weighted by Crippen LogP contribution is -2.39. The van der Waals surface area contributed by atoms with Gasteiger partial charge >= 0.3 is 12.4 Å². The van der Waals surface area contributed by atoms with Gasteiger partial charge in [0.05, 0.1) is 6.54 Å². The molecule has 0 amide bonds. The van der Waals surface area contributed by atoms with Crippen LogP contribution in [0.25, 0.3) is 6.20 Å². The van der Waals surface area contributed by atoms with Crippen LogP contribution in [0.3, 0.4) is 0 Å². The van der Waals surface area contributed by atoms with Gasteiger partial charge in [0.1, 0.15) is 23.5 Å². The van der Waals surface area contributed by atoms with Crippen molar-refractivity contribution in [1.82, 2.24) is 14.5 Å². The number of benzene rings is 2. The molecule has 0 atom stereocenters. The summed E-state index contributed by atoms with van der Waals surface area (Å²) in [7, 11) is 0. The molecule has 1 aromatic heterocycles. The van der Waals surface area contributed by atoms with Crippen LogP contribution in [0.2, 0.25) is 0 Å². The predicted octanol–water partition coefficient (Wildman–Crippen LogP) is 2.64. The molecule has 0 spiro atoms. The molecule has 3 aromatic rings. The number of aromatic nitrogens is 2. The average Bonchev–Trinajstić information content (AvgIpc) is 3.08. The number of rotatable bonds is 8.